The van der Waals surface area contributed by atoms with Crippen LogP contribution in [-0.4, -0.2) is 43.4 Å². The van der Waals surface area contributed by atoms with Crippen LogP contribution in [0.4, 0.5) is 10.1 Å². The smallest absolute Gasteiger partial charge is 0.324 e. The molecule has 4 rings (SSSR count). The van der Waals surface area contributed by atoms with Crippen molar-refractivity contribution in [2.75, 3.05) is 26.3 Å². The number of methoxy groups -OCH3 is 3. The molecule has 0 bridgehead atoms. The van der Waals surface area contributed by atoms with Crippen LogP contribution in [0.2, 0.25) is 0 Å². The zero-order valence-corrected chi connectivity index (χ0v) is 19.9. The highest BCUT2D eigenvalue weighted by molar-refractivity contribution is 7.22. The van der Waals surface area contributed by atoms with Gasteiger partial charge in [0.1, 0.15) is 5.75 Å². The minimum Gasteiger partial charge on any atom is -0.497 e. The Morgan fingerprint density at radius 2 is 1.82 bits per heavy atom. The van der Waals surface area contributed by atoms with Crippen LogP contribution in [0.1, 0.15) is 15.2 Å². The van der Waals surface area contributed by atoms with Crippen LogP contribution >= 0.6 is 22.7 Å². The molecule has 0 aliphatic heterocycles. The summed E-state index contributed by atoms with van der Waals surface area (Å²) in [6.07, 6.45) is 1.39. The molecule has 174 valence electrons. The molecule has 0 spiro atoms. The molecule has 0 fully saturated rings. The molecule has 4 aromatic rings. The van der Waals surface area contributed by atoms with E-state index in [1.807, 2.05) is 6.07 Å². The van der Waals surface area contributed by atoms with Crippen LogP contribution in [0.3, 0.4) is 0 Å². The minimum absolute atomic E-state index is 0.0219. The van der Waals surface area contributed by atoms with Crippen molar-refractivity contribution in [1.29, 1.82) is 0 Å². The number of thiazole rings is 1. The maximum absolute atomic E-state index is 13.5. The van der Waals surface area contributed by atoms with Gasteiger partial charge in [-0.2, -0.15) is 10.1 Å². The predicted molar refractivity (Wildman–Crippen MR) is 131 cm³/mol. The summed E-state index contributed by atoms with van der Waals surface area (Å²) in [7, 11) is 4.55. The first kappa shape index (κ1) is 23.1. The molecule has 2 heterocycles. The van der Waals surface area contributed by atoms with Crippen molar-refractivity contribution in [2.45, 2.75) is 0 Å². The molecule has 0 unspecified atom stereocenters. The number of carbonyl (C=O) groups is 1. The normalized spacial score (nSPS) is 11.0. The van der Waals surface area contributed by atoms with E-state index in [9.17, 15) is 14.9 Å². The largest absolute Gasteiger partial charge is 0.497 e. The molecule has 0 saturated carbocycles. The lowest BCUT2D eigenvalue weighted by atomic mass is 10.2. The Bertz CT molecular complexity index is 1400. The van der Waals surface area contributed by atoms with E-state index in [0.717, 1.165) is 21.0 Å². The van der Waals surface area contributed by atoms with Crippen LogP contribution in [0.5, 0.6) is 17.2 Å². The molecule has 34 heavy (non-hydrogen) atoms. The van der Waals surface area contributed by atoms with E-state index in [0.29, 0.717) is 38.3 Å². The highest BCUT2D eigenvalue weighted by Crippen LogP contribution is 2.34. The number of amides is 1. The van der Waals surface area contributed by atoms with Crippen molar-refractivity contribution in [3.05, 3.63) is 69.1 Å². The van der Waals surface area contributed by atoms with Gasteiger partial charge in [0.05, 0.1) is 47.6 Å². The number of ether oxygens (including phenoxy) is 3. The molecule has 0 N–H and O–H groups in total. The lowest BCUT2D eigenvalue weighted by Gasteiger charge is -2.15. The van der Waals surface area contributed by atoms with Crippen LogP contribution in [0, 0.1) is 10.1 Å². The number of carbonyl (C=O) groups excluding carboxylic acids is 1. The van der Waals surface area contributed by atoms with E-state index < -0.39 is 10.8 Å². The summed E-state index contributed by atoms with van der Waals surface area (Å²) >= 11 is 2.21. The van der Waals surface area contributed by atoms with Gasteiger partial charge in [0, 0.05) is 11.6 Å². The van der Waals surface area contributed by atoms with Gasteiger partial charge in [-0.15, -0.1) is 0 Å². The van der Waals surface area contributed by atoms with Crippen LogP contribution in [0.15, 0.2) is 53.6 Å². The maximum atomic E-state index is 13.5. The Balaban J connectivity index is 1.76. The standard InChI is InChI=1S/C22H18N4O6S2/c1-30-14-5-7-16-19(11-14)34-22(24-16)25(23-12-15-6-9-20(33-15)26(28)29)21(27)13-4-8-17(31-2)18(10-13)32-3/h4-12H,1-3H3/b23-12+. The number of rotatable bonds is 8. The van der Waals surface area contributed by atoms with Crippen molar-refractivity contribution in [3.63, 3.8) is 0 Å². The molecule has 1 amide bonds. The Morgan fingerprint density at radius 3 is 2.50 bits per heavy atom. The summed E-state index contributed by atoms with van der Waals surface area (Å²) in [6.45, 7) is 0. The number of anilines is 1. The second kappa shape index (κ2) is 9.85. The fourth-order valence-electron chi connectivity index (χ4n) is 3.01. The molecule has 0 radical (unpaired) electrons. The predicted octanol–water partition coefficient (Wildman–Crippen LogP) is 4.97. The van der Waals surface area contributed by atoms with Crippen LogP contribution in [0.25, 0.3) is 10.2 Å². The topological polar surface area (TPSA) is 116 Å². The molecule has 0 saturated heterocycles. The average Bonchev–Trinajstić information content (AvgIpc) is 3.50. The zero-order valence-electron chi connectivity index (χ0n) is 18.3. The van der Waals surface area contributed by atoms with E-state index >= 15 is 0 Å². The van der Waals surface area contributed by atoms with E-state index in [-0.39, 0.29) is 5.00 Å². The Kier molecular flexibility index (Phi) is 6.70. The molecule has 0 aliphatic rings. The van der Waals surface area contributed by atoms with Gasteiger partial charge in [-0.25, -0.2) is 4.98 Å². The molecule has 12 heteroatoms. The number of nitro groups is 1. The van der Waals surface area contributed by atoms with Crippen LogP contribution < -0.4 is 19.2 Å². The number of hydrazone groups is 1. The third-order valence-electron chi connectivity index (χ3n) is 4.68. The number of thiophene rings is 1. The quantitative estimate of drug-likeness (QED) is 0.191. The lowest BCUT2D eigenvalue weighted by Crippen LogP contribution is -2.25. The molecule has 10 nitrogen and oxygen atoms in total. The zero-order chi connectivity index (χ0) is 24.2. The van der Waals surface area contributed by atoms with Crippen molar-refractivity contribution < 1.29 is 23.9 Å². The van der Waals surface area contributed by atoms with Gasteiger partial charge in [-0.05, 0) is 42.5 Å². The number of fused-ring (bicyclic) bond motifs is 1. The van der Waals surface area contributed by atoms with E-state index in [1.54, 1.807) is 43.5 Å². The number of hydrogen-bond acceptors (Lipinski definition) is 10. The monoisotopic (exact) mass is 498 g/mol. The summed E-state index contributed by atoms with van der Waals surface area (Å²) in [5.41, 5.74) is 0.969. The summed E-state index contributed by atoms with van der Waals surface area (Å²) < 4.78 is 16.6. The first-order valence-electron chi connectivity index (χ1n) is 9.72. The van der Waals surface area contributed by atoms with Gasteiger partial charge < -0.3 is 14.2 Å². The van der Waals surface area contributed by atoms with Crippen LogP contribution in [-0.2, 0) is 0 Å². The third kappa shape index (κ3) is 4.67. The molecule has 0 aliphatic carbocycles. The second-order valence-corrected chi connectivity index (χ2v) is 8.80. The lowest BCUT2D eigenvalue weighted by molar-refractivity contribution is -0.380. The van der Waals surface area contributed by atoms with Gasteiger partial charge in [-0.3, -0.25) is 14.9 Å². The average molecular weight is 499 g/mol. The van der Waals surface area contributed by atoms with Gasteiger partial charge >= 0.3 is 5.00 Å². The summed E-state index contributed by atoms with van der Waals surface area (Å²) in [5, 5.41) is 16.8. The Hall–Kier alpha value is -4.03. The van der Waals surface area contributed by atoms with Crippen molar-refractivity contribution in [1.82, 2.24) is 4.98 Å². The summed E-state index contributed by atoms with van der Waals surface area (Å²) in [6, 6.07) is 13.1. The van der Waals surface area contributed by atoms with Gasteiger partial charge in [0.15, 0.2) is 11.5 Å². The maximum Gasteiger partial charge on any atom is 0.324 e. The molecule has 0 atom stereocenters. The van der Waals surface area contributed by atoms with Crippen molar-refractivity contribution in [3.8, 4) is 17.2 Å². The number of nitrogens with zero attached hydrogens (tertiary/aromatic N) is 4. The third-order valence-corrected chi connectivity index (χ3v) is 6.65. The van der Waals surface area contributed by atoms with Gasteiger partial charge in [-0.1, -0.05) is 22.7 Å². The van der Waals surface area contributed by atoms with E-state index in [2.05, 4.69) is 10.1 Å². The van der Waals surface area contributed by atoms with E-state index in [4.69, 9.17) is 14.2 Å². The second-order valence-electron chi connectivity index (χ2n) is 6.69. The van der Waals surface area contributed by atoms with Gasteiger partial charge in [0.2, 0.25) is 5.13 Å². The Labute approximate surface area is 201 Å². The first-order valence-corrected chi connectivity index (χ1v) is 11.4. The number of benzene rings is 2. The summed E-state index contributed by atoms with van der Waals surface area (Å²) in [4.78, 5) is 29.1. The SMILES string of the molecule is COc1ccc2nc(N(/N=C/c3ccc([N+](=O)[O-])s3)C(=O)c3ccc(OC)c(OC)c3)sc2c1. The molecular formula is C22H18N4O6S2. The van der Waals surface area contributed by atoms with E-state index in [1.165, 1.54) is 37.8 Å². The highest BCUT2D eigenvalue weighted by Gasteiger charge is 2.23. The molecular weight excluding hydrogens is 480 g/mol. The first-order chi connectivity index (χ1) is 16.4. The molecule has 2 aromatic heterocycles. The van der Waals surface area contributed by atoms with Crippen molar-refractivity contribution in [2.24, 2.45) is 5.10 Å². The van der Waals surface area contributed by atoms with Crippen molar-refractivity contribution >= 4 is 55.1 Å². The number of hydrogen-bond donors (Lipinski definition) is 0. The molecule has 2 aromatic carbocycles. The minimum atomic E-state index is -0.477. The van der Waals surface area contributed by atoms with Gasteiger partial charge in [0.25, 0.3) is 5.91 Å². The fourth-order valence-corrected chi connectivity index (χ4v) is 4.65. The number of aromatic nitrogens is 1. The summed E-state index contributed by atoms with van der Waals surface area (Å²) in [5.74, 6) is 1.07. The fraction of sp³-hybridized carbons (Fsp3) is 0.136. The highest BCUT2D eigenvalue weighted by atomic mass is 32.1. The Morgan fingerprint density at radius 1 is 1.03 bits per heavy atom.